The molecule has 0 spiro atoms. The van der Waals surface area contributed by atoms with E-state index in [0.29, 0.717) is 5.70 Å². The van der Waals surface area contributed by atoms with Crippen LogP contribution in [-0.2, 0) is 0 Å². The van der Waals surface area contributed by atoms with Crippen LogP contribution in [-0.4, -0.2) is 17.3 Å². The molecule has 0 fully saturated rings. The van der Waals surface area contributed by atoms with Gasteiger partial charge in [-0.15, -0.1) is 0 Å². The molecule has 2 rings (SSSR count). The van der Waals surface area contributed by atoms with E-state index >= 15 is 0 Å². The van der Waals surface area contributed by atoms with E-state index in [0.717, 1.165) is 5.57 Å². The van der Waals surface area contributed by atoms with E-state index < -0.39 is 6.03 Å². The summed E-state index contributed by atoms with van der Waals surface area (Å²) in [5, 5.41) is 2.86. The fourth-order valence-corrected chi connectivity index (χ4v) is 1.33. The van der Waals surface area contributed by atoms with Gasteiger partial charge in [0.15, 0.2) is 0 Å². The second kappa shape index (κ2) is 3.83. The van der Waals surface area contributed by atoms with Gasteiger partial charge in [0.05, 0.1) is 5.70 Å². The third kappa shape index (κ3) is 1.67. The molecular weight excluding hydrogens is 192 g/mol. The molecule has 2 aliphatic rings. The zero-order valence-electron chi connectivity index (χ0n) is 7.79. The highest BCUT2D eigenvalue weighted by atomic mass is 16.2. The van der Waals surface area contributed by atoms with Gasteiger partial charge in [-0.2, -0.15) is 5.53 Å². The Morgan fingerprint density at radius 1 is 1.40 bits per heavy atom. The maximum Gasteiger partial charge on any atom is 0.371 e. The first-order chi connectivity index (χ1) is 7.33. The Balaban J connectivity index is 2.42. The Morgan fingerprint density at radius 3 is 3.07 bits per heavy atom. The van der Waals surface area contributed by atoms with Crippen molar-refractivity contribution in [2.24, 2.45) is 10.1 Å². The Hall–Kier alpha value is -2.30. The fourth-order valence-electron chi connectivity index (χ4n) is 1.33. The van der Waals surface area contributed by atoms with Crippen molar-refractivity contribution in [3.05, 3.63) is 47.9 Å². The number of nitrogens with zero attached hydrogens (tertiary/aromatic N) is 3. The van der Waals surface area contributed by atoms with E-state index in [1.807, 2.05) is 24.3 Å². The summed E-state index contributed by atoms with van der Waals surface area (Å²) in [5.41, 5.74) is 8.19. The molecule has 0 saturated carbocycles. The second-order valence-electron chi connectivity index (χ2n) is 2.91. The SMILES string of the molecule is N=NC(=O)N1C=NC=C2C=CC=CC=C21. The van der Waals surface area contributed by atoms with Crippen LogP contribution in [0, 0.1) is 5.53 Å². The Morgan fingerprint density at radius 2 is 2.27 bits per heavy atom. The molecule has 1 aliphatic carbocycles. The van der Waals surface area contributed by atoms with Crippen molar-refractivity contribution < 1.29 is 4.79 Å². The van der Waals surface area contributed by atoms with Gasteiger partial charge < -0.3 is 0 Å². The zero-order valence-corrected chi connectivity index (χ0v) is 7.79. The highest BCUT2D eigenvalue weighted by molar-refractivity contribution is 5.91. The number of amides is 2. The first kappa shape index (κ1) is 9.26. The van der Waals surface area contributed by atoms with Gasteiger partial charge >= 0.3 is 6.03 Å². The topological polar surface area (TPSA) is 68.9 Å². The van der Waals surface area contributed by atoms with Crippen LogP contribution in [0.2, 0.25) is 0 Å². The number of hydrogen-bond donors (Lipinski definition) is 1. The Labute approximate surface area is 86.3 Å². The first-order valence-electron chi connectivity index (χ1n) is 4.32. The van der Waals surface area contributed by atoms with Crippen LogP contribution in [0.1, 0.15) is 0 Å². The molecule has 0 atom stereocenters. The third-order valence-corrected chi connectivity index (χ3v) is 2.00. The van der Waals surface area contributed by atoms with E-state index in [-0.39, 0.29) is 0 Å². The average molecular weight is 200 g/mol. The molecule has 5 nitrogen and oxygen atoms in total. The van der Waals surface area contributed by atoms with E-state index in [4.69, 9.17) is 5.53 Å². The molecule has 5 heteroatoms. The van der Waals surface area contributed by atoms with Crippen LogP contribution in [0.15, 0.2) is 58.0 Å². The molecule has 0 aromatic rings. The van der Waals surface area contributed by atoms with E-state index in [1.54, 1.807) is 12.3 Å². The number of nitrogens with one attached hydrogen (secondary N) is 1. The third-order valence-electron chi connectivity index (χ3n) is 2.00. The normalized spacial score (nSPS) is 17.7. The number of fused-ring (bicyclic) bond motifs is 1. The number of carbonyl (C=O) groups excluding carboxylic acids is 1. The summed E-state index contributed by atoms with van der Waals surface area (Å²) in [6, 6.07) is -0.653. The van der Waals surface area contributed by atoms with Gasteiger partial charge in [-0.3, -0.25) is 0 Å². The minimum atomic E-state index is -0.653. The quantitative estimate of drug-likeness (QED) is 0.599. The van der Waals surface area contributed by atoms with Crippen molar-refractivity contribution in [2.45, 2.75) is 0 Å². The minimum Gasteiger partial charge on any atom is -0.249 e. The molecule has 74 valence electrons. The van der Waals surface area contributed by atoms with Crippen molar-refractivity contribution in [2.75, 3.05) is 0 Å². The van der Waals surface area contributed by atoms with Crippen molar-refractivity contribution >= 4 is 12.4 Å². The molecule has 0 saturated heterocycles. The molecule has 0 bridgehead atoms. The van der Waals surface area contributed by atoms with E-state index in [1.165, 1.54) is 11.2 Å². The number of carbonyl (C=O) groups is 1. The van der Waals surface area contributed by atoms with Crippen molar-refractivity contribution in [1.82, 2.24) is 4.90 Å². The number of allylic oxidation sites excluding steroid dienone is 5. The summed E-state index contributed by atoms with van der Waals surface area (Å²) in [6.07, 6.45) is 12.2. The molecule has 0 aromatic carbocycles. The molecule has 2 amide bonds. The summed E-state index contributed by atoms with van der Waals surface area (Å²) in [4.78, 5) is 16.4. The molecule has 1 heterocycles. The second-order valence-corrected chi connectivity index (χ2v) is 2.91. The summed E-state index contributed by atoms with van der Waals surface area (Å²) >= 11 is 0. The summed E-state index contributed by atoms with van der Waals surface area (Å²) in [6.45, 7) is 0. The van der Waals surface area contributed by atoms with Crippen molar-refractivity contribution in [3.63, 3.8) is 0 Å². The zero-order chi connectivity index (χ0) is 10.7. The van der Waals surface area contributed by atoms with Gasteiger partial charge in [-0.05, 0) is 6.08 Å². The smallest absolute Gasteiger partial charge is 0.249 e. The first-order valence-corrected chi connectivity index (χ1v) is 4.32. The predicted molar refractivity (Wildman–Crippen MR) is 55.3 cm³/mol. The van der Waals surface area contributed by atoms with Gasteiger partial charge in [0.25, 0.3) is 0 Å². The van der Waals surface area contributed by atoms with Gasteiger partial charge in [0, 0.05) is 11.8 Å². The maximum atomic E-state index is 11.3. The highest BCUT2D eigenvalue weighted by Crippen LogP contribution is 2.22. The van der Waals surface area contributed by atoms with Crippen LogP contribution < -0.4 is 0 Å². The number of hydrogen-bond acceptors (Lipinski definition) is 3. The highest BCUT2D eigenvalue weighted by Gasteiger charge is 2.20. The van der Waals surface area contributed by atoms with Crippen LogP contribution in [0.4, 0.5) is 4.79 Å². The number of urea groups is 1. The molecule has 1 N–H and O–H groups in total. The van der Waals surface area contributed by atoms with Gasteiger partial charge in [0.2, 0.25) is 0 Å². The molecule has 0 aromatic heterocycles. The van der Waals surface area contributed by atoms with Crippen molar-refractivity contribution in [3.8, 4) is 0 Å². The monoisotopic (exact) mass is 200 g/mol. The largest absolute Gasteiger partial charge is 0.371 e. The van der Waals surface area contributed by atoms with Crippen LogP contribution in [0.3, 0.4) is 0 Å². The lowest BCUT2D eigenvalue weighted by atomic mass is 10.1. The van der Waals surface area contributed by atoms with Gasteiger partial charge in [-0.25, -0.2) is 14.7 Å². The molecule has 15 heavy (non-hydrogen) atoms. The summed E-state index contributed by atoms with van der Waals surface area (Å²) < 4.78 is 0. The van der Waals surface area contributed by atoms with Crippen LogP contribution in [0.5, 0.6) is 0 Å². The molecule has 0 unspecified atom stereocenters. The number of aliphatic imine (C=N–C) groups is 1. The summed E-state index contributed by atoms with van der Waals surface area (Å²) in [7, 11) is 0. The van der Waals surface area contributed by atoms with E-state index in [2.05, 4.69) is 10.1 Å². The maximum absolute atomic E-state index is 11.3. The lowest BCUT2D eigenvalue weighted by Gasteiger charge is -2.20. The van der Waals surface area contributed by atoms with E-state index in [9.17, 15) is 4.79 Å². The Kier molecular flexibility index (Phi) is 2.37. The van der Waals surface area contributed by atoms with Crippen LogP contribution >= 0.6 is 0 Å². The standard InChI is InChI=1S/C10H8N4O/c11-13-10(15)14-7-12-6-8-4-2-1-3-5-9(8)14/h1-7,11H. The van der Waals surface area contributed by atoms with Gasteiger partial charge in [0.1, 0.15) is 6.34 Å². The minimum absolute atomic E-state index is 0.653. The molecule has 1 aliphatic heterocycles. The van der Waals surface area contributed by atoms with Crippen molar-refractivity contribution in [1.29, 1.82) is 5.53 Å². The summed E-state index contributed by atoms with van der Waals surface area (Å²) in [5.74, 6) is 0. The average Bonchev–Trinajstić information content (AvgIpc) is 2.52. The predicted octanol–water partition coefficient (Wildman–Crippen LogP) is 2.38. The number of rotatable bonds is 0. The van der Waals surface area contributed by atoms with Gasteiger partial charge in [-0.1, -0.05) is 29.4 Å². The molecule has 0 radical (unpaired) electrons. The lowest BCUT2D eigenvalue weighted by molar-refractivity contribution is 0.236. The fraction of sp³-hybridized carbons (Fsp3) is 0. The lowest BCUT2D eigenvalue weighted by Crippen LogP contribution is -2.28. The van der Waals surface area contributed by atoms with Crippen LogP contribution in [0.25, 0.3) is 0 Å². The Bertz CT molecular complexity index is 454. The molecular formula is C10H8N4O.